The monoisotopic (exact) mass is 303 g/mol. The summed E-state index contributed by atoms with van der Waals surface area (Å²) in [4.78, 5) is 0. The first-order chi connectivity index (χ1) is 8.13. The maximum absolute atomic E-state index is 13.1. The van der Waals surface area contributed by atoms with Crippen LogP contribution in [0, 0.1) is 5.82 Å². The van der Waals surface area contributed by atoms with Crippen LogP contribution in [0.4, 0.5) is 4.39 Å². The van der Waals surface area contributed by atoms with Crippen LogP contribution in [0.2, 0.25) is 0 Å². The van der Waals surface area contributed by atoms with Gasteiger partial charge in [0.1, 0.15) is 5.82 Å². The SMILES string of the molecule is CCCOCCC(N)Cc1cc(F)ccc1Br. The van der Waals surface area contributed by atoms with E-state index in [1.165, 1.54) is 12.1 Å². The van der Waals surface area contributed by atoms with Crippen LogP contribution in [0.3, 0.4) is 0 Å². The largest absolute Gasteiger partial charge is 0.381 e. The van der Waals surface area contributed by atoms with E-state index in [0.717, 1.165) is 29.5 Å². The van der Waals surface area contributed by atoms with Gasteiger partial charge in [0.15, 0.2) is 0 Å². The molecule has 17 heavy (non-hydrogen) atoms. The molecule has 0 aliphatic carbocycles. The van der Waals surface area contributed by atoms with Crippen LogP contribution < -0.4 is 5.73 Å². The van der Waals surface area contributed by atoms with Crippen LogP contribution in [0.1, 0.15) is 25.3 Å². The van der Waals surface area contributed by atoms with Crippen LogP contribution in [-0.2, 0) is 11.2 Å². The van der Waals surface area contributed by atoms with Gasteiger partial charge in [-0.1, -0.05) is 22.9 Å². The zero-order chi connectivity index (χ0) is 12.7. The van der Waals surface area contributed by atoms with Crippen LogP contribution >= 0.6 is 15.9 Å². The quantitative estimate of drug-likeness (QED) is 0.785. The molecule has 0 spiro atoms. The lowest BCUT2D eigenvalue weighted by Crippen LogP contribution is -2.25. The lowest BCUT2D eigenvalue weighted by molar-refractivity contribution is 0.127. The number of rotatable bonds is 7. The summed E-state index contributed by atoms with van der Waals surface area (Å²) in [5.41, 5.74) is 6.89. The van der Waals surface area contributed by atoms with Gasteiger partial charge in [-0.15, -0.1) is 0 Å². The van der Waals surface area contributed by atoms with E-state index in [1.54, 1.807) is 6.07 Å². The van der Waals surface area contributed by atoms with Gasteiger partial charge in [0.05, 0.1) is 0 Å². The summed E-state index contributed by atoms with van der Waals surface area (Å²) in [6.07, 6.45) is 2.47. The van der Waals surface area contributed by atoms with E-state index < -0.39 is 0 Å². The zero-order valence-electron chi connectivity index (χ0n) is 10.1. The van der Waals surface area contributed by atoms with Gasteiger partial charge in [0, 0.05) is 23.7 Å². The minimum atomic E-state index is -0.224. The molecule has 0 heterocycles. The van der Waals surface area contributed by atoms with E-state index in [-0.39, 0.29) is 11.9 Å². The summed E-state index contributed by atoms with van der Waals surface area (Å²) < 4.78 is 19.3. The van der Waals surface area contributed by atoms with Crippen LogP contribution in [0.5, 0.6) is 0 Å². The molecular formula is C13H19BrFNO. The molecule has 0 radical (unpaired) electrons. The van der Waals surface area contributed by atoms with E-state index >= 15 is 0 Å². The van der Waals surface area contributed by atoms with Crippen LogP contribution in [-0.4, -0.2) is 19.3 Å². The molecule has 1 aromatic carbocycles. The minimum Gasteiger partial charge on any atom is -0.381 e. The third-order valence-electron chi connectivity index (χ3n) is 2.47. The number of hydrogen-bond acceptors (Lipinski definition) is 2. The van der Waals surface area contributed by atoms with E-state index in [1.807, 2.05) is 0 Å². The summed E-state index contributed by atoms with van der Waals surface area (Å²) in [5.74, 6) is -0.224. The molecule has 0 saturated carbocycles. The predicted molar refractivity (Wildman–Crippen MR) is 71.5 cm³/mol. The topological polar surface area (TPSA) is 35.2 Å². The van der Waals surface area contributed by atoms with Crippen molar-refractivity contribution < 1.29 is 9.13 Å². The zero-order valence-corrected chi connectivity index (χ0v) is 11.7. The fraction of sp³-hybridized carbons (Fsp3) is 0.538. The molecule has 0 aromatic heterocycles. The molecule has 0 fully saturated rings. The van der Waals surface area contributed by atoms with Gasteiger partial charge in [-0.3, -0.25) is 0 Å². The third kappa shape index (κ3) is 5.61. The maximum Gasteiger partial charge on any atom is 0.123 e. The molecule has 2 nitrogen and oxygen atoms in total. The second kappa shape index (κ2) is 7.80. The molecule has 1 unspecified atom stereocenters. The van der Waals surface area contributed by atoms with Gasteiger partial charge < -0.3 is 10.5 Å². The van der Waals surface area contributed by atoms with E-state index in [4.69, 9.17) is 10.5 Å². The molecule has 1 rings (SSSR count). The summed E-state index contributed by atoms with van der Waals surface area (Å²) in [6.45, 7) is 3.52. The summed E-state index contributed by atoms with van der Waals surface area (Å²) in [6, 6.07) is 4.68. The maximum atomic E-state index is 13.1. The second-order valence-corrected chi connectivity index (χ2v) is 4.96. The number of hydrogen-bond donors (Lipinski definition) is 1. The molecule has 1 aromatic rings. The molecule has 0 aliphatic heterocycles. The number of ether oxygens (including phenoxy) is 1. The number of benzene rings is 1. The first-order valence-electron chi connectivity index (χ1n) is 5.90. The van der Waals surface area contributed by atoms with Gasteiger partial charge in [0.25, 0.3) is 0 Å². The molecule has 0 saturated heterocycles. The molecule has 1 atom stereocenters. The van der Waals surface area contributed by atoms with Gasteiger partial charge in [-0.05, 0) is 43.0 Å². The van der Waals surface area contributed by atoms with Crippen molar-refractivity contribution in [2.24, 2.45) is 5.73 Å². The highest BCUT2D eigenvalue weighted by Crippen LogP contribution is 2.19. The highest BCUT2D eigenvalue weighted by Gasteiger charge is 2.08. The molecule has 0 amide bonds. The van der Waals surface area contributed by atoms with Gasteiger partial charge in [0.2, 0.25) is 0 Å². The molecule has 2 N–H and O–H groups in total. The fourth-order valence-electron chi connectivity index (χ4n) is 1.57. The Balaban J connectivity index is 2.39. The van der Waals surface area contributed by atoms with E-state index in [9.17, 15) is 4.39 Å². The summed E-state index contributed by atoms with van der Waals surface area (Å²) in [5, 5.41) is 0. The van der Waals surface area contributed by atoms with Crippen molar-refractivity contribution in [2.75, 3.05) is 13.2 Å². The summed E-state index contributed by atoms with van der Waals surface area (Å²) >= 11 is 3.40. The van der Waals surface area contributed by atoms with Crippen LogP contribution in [0.15, 0.2) is 22.7 Å². The van der Waals surface area contributed by atoms with Gasteiger partial charge >= 0.3 is 0 Å². The molecular weight excluding hydrogens is 285 g/mol. The predicted octanol–water partition coefficient (Wildman–Crippen LogP) is 3.27. The fourth-order valence-corrected chi connectivity index (χ4v) is 1.97. The smallest absolute Gasteiger partial charge is 0.123 e. The van der Waals surface area contributed by atoms with Crippen molar-refractivity contribution in [3.05, 3.63) is 34.1 Å². The van der Waals surface area contributed by atoms with Crippen LogP contribution in [0.25, 0.3) is 0 Å². The lowest BCUT2D eigenvalue weighted by atomic mass is 10.0. The van der Waals surface area contributed by atoms with Crippen molar-refractivity contribution in [1.82, 2.24) is 0 Å². The highest BCUT2D eigenvalue weighted by atomic mass is 79.9. The first kappa shape index (κ1) is 14.6. The van der Waals surface area contributed by atoms with E-state index in [0.29, 0.717) is 13.0 Å². The van der Waals surface area contributed by atoms with Crippen molar-refractivity contribution in [2.45, 2.75) is 32.2 Å². The van der Waals surface area contributed by atoms with Gasteiger partial charge in [-0.25, -0.2) is 4.39 Å². The average molecular weight is 304 g/mol. The Morgan fingerprint density at radius 2 is 2.18 bits per heavy atom. The Bertz CT molecular complexity index is 346. The van der Waals surface area contributed by atoms with Crippen molar-refractivity contribution in [3.63, 3.8) is 0 Å². The Morgan fingerprint density at radius 3 is 2.88 bits per heavy atom. The normalized spacial score (nSPS) is 12.7. The third-order valence-corrected chi connectivity index (χ3v) is 3.24. The Hall–Kier alpha value is -0.450. The van der Waals surface area contributed by atoms with E-state index in [2.05, 4.69) is 22.9 Å². The standard InChI is InChI=1S/C13H19BrFNO/c1-2-6-17-7-5-12(16)9-10-8-11(15)3-4-13(10)14/h3-4,8,12H,2,5-7,9,16H2,1H3. The molecule has 4 heteroatoms. The second-order valence-electron chi connectivity index (χ2n) is 4.10. The average Bonchev–Trinajstić information content (AvgIpc) is 2.29. The lowest BCUT2D eigenvalue weighted by Gasteiger charge is -2.13. The Kier molecular flexibility index (Phi) is 6.70. The number of nitrogens with two attached hydrogens (primary N) is 1. The molecule has 0 aliphatic rings. The molecule has 0 bridgehead atoms. The number of halogens is 2. The first-order valence-corrected chi connectivity index (χ1v) is 6.70. The molecule has 96 valence electrons. The van der Waals surface area contributed by atoms with Crippen molar-refractivity contribution in [1.29, 1.82) is 0 Å². The Morgan fingerprint density at radius 1 is 1.41 bits per heavy atom. The van der Waals surface area contributed by atoms with Crippen molar-refractivity contribution in [3.8, 4) is 0 Å². The van der Waals surface area contributed by atoms with Gasteiger partial charge in [-0.2, -0.15) is 0 Å². The minimum absolute atomic E-state index is 0.00459. The summed E-state index contributed by atoms with van der Waals surface area (Å²) in [7, 11) is 0. The Labute approximate surface area is 110 Å². The van der Waals surface area contributed by atoms with Crippen molar-refractivity contribution >= 4 is 15.9 Å². The highest BCUT2D eigenvalue weighted by molar-refractivity contribution is 9.10.